The Morgan fingerprint density at radius 1 is 0.914 bits per heavy atom. The van der Waals surface area contributed by atoms with Crippen molar-refractivity contribution in [2.75, 3.05) is 12.3 Å². The van der Waals surface area contributed by atoms with Crippen LogP contribution in [0.1, 0.15) is 17.5 Å². The lowest BCUT2D eigenvalue weighted by Crippen LogP contribution is -2.15. The number of para-hydroxylation sites is 2. The minimum Gasteiger partial charge on any atom is -0.343 e. The maximum absolute atomic E-state index is 6.43. The molecule has 2 heterocycles. The molecule has 2 aromatic heterocycles. The zero-order valence-corrected chi connectivity index (χ0v) is 21.3. The molecule has 1 N–H and O–H groups in total. The fourth-order valence-electron chi connectivity index (χ4n) is 4.01. The van der Waals surface area contributed by atoms with Gasteiger partial charge in [-0.05, 0) is 64.9 Å². The van der Waals surface area contributed by atoms with Crippen molar-refractivity contribution in [1.82, 2.24) is 30.1 Å². The minimum absolute atomic E-state index is 0.649. The standard InChI is InChI=1S/C26H24Cl2N6S/c27-21-12-11-19(24(28)15-21)17-33-18-20(23-9-4-5-10-25(23)33)16-29-13-6-14-35-26-30-31-32-34(26)22-7-2-1-3-8-22/h1-5,7-12,15,18,29H,6,13-14,16-17H2. The molecule has 0 atom stereocenters. The fraction of sp³-hybridized carbons (Fsp3) is 0.192. The van der Waals surface area contributed by atoms with Gasteiger partial charge in [0.15, 0.2) is 0 Å². The summed E-state index contributed by atoms with van der Waals surface area (Å²) in [5.41, 5.74) is 4.48. The molecular formula is C26H24Cl2N6S. The van der Waals surface area contributed by atoms with Crippen LogP contribution < -0.4 is 5.32 Å². The van der Waals surface area contributed by atoms with Crippen LogP contribution in [0.2, 0.25) is 10.0 Å². The molecule has 0 bridgehead atoms. The smallest absolute Gasteiger partial charge is 0.214 e. The van der Waals surface area contributed by atoms with E-state index in [9.17, 15) is 0 Å². The van der Waals surface area contributed by atoms with Crippen LogP contribution in [0.25, 0.3) is 16.6 Å². The van der Waals surface area contributed by atoms with E-state index < -0.39 is 0 Å². The third-order valence-corrected chi connectivity index (χ3v) is 7.31. The molecule has 0 unspecified atom stereocenters. The molecule has 5 aromatic rings. The monoisotopic (exact) mass is 522 g/mol. The van der Waals surface area contributed by atoms with Gasteiger partial charge in [-0.3, -0.25) is 0 Å². The van der Waals surface area contributed by atoms with Crippen LogP contribution in [0.5, 0.6) is 0 Å². The third-order valence-electron chi connectivity index (χ3n) is 5.71. The van der Waals surface area contributed by atoms with Gasteiger partial charge in [-0.2, -0.15) is 4.68 Å². The number of thioether (sulfide) groups is 1. The summed E-state index contributed by atoms with van der Waals surface area (Å²) in [6.45, 7) is 2.40. The van der Waals surface area contributed by atoms with Gasteiger partial charge in [-0.15, -0.1) is 5.10 Å². The molecule has 3 aromatic carbocycles. The van der Waals surface area contributed by atoms with Crippen LogP contribution in [0, 0.1) is 0 Å². The Hall–Kier alpha value is -2.84. The molecule has 0 aliphatic rings. The number of rotatable bonds is 10. The maximum Gasteiger partial charge on any atom is 0.214 e. The van der Waals surface area contributed by atoms with Crippen molar-refractivity contribution in [1.29, 1.82) is 0 Å². The summed E-state index contributed by atoms with van der Waals surface area (Å²) < 4.78 is 4.03. The Morgan fingerprint density at radius 3 is 2.60 bits per heavy atom. The van der Waals surface area contributed by atoms with Crippen molar-refractivity contribution in [2.24, 2.45) is 0 Å². The normalized spacial score (nSPS) is 11.4. The summed E-state index contributed by atoms with van der Waals surface area (Å²) >= 11 is 14.2. The van der Waals surface area contributed by atoms with Crippen molar-refractivity contribution >= 4 is 45.9 Å². The SMILES string of the molecule is Clc1ccc(Cn2cc(CNCCCSc3nnnn3-c3ccccc3)c3ccccc32)c(Cl)c1. The summed E-state index contributed by atoms with van der Waals surface area (Å²) in [6.07, 6.45) is 3.22. The average molecular weight is 523 g/mol. The number of benzene rings is 3. The van der Waals surface area contributed by atoms with Gasteiger partial charge in [0.25, 0.3) is 0 Å². The van der Waals surface area contributed by atoms with Gasteiger partial charge in [0.05, 0.1) is 5.69 Å². The average Bonchev–Trinajstić information content (AvgIpc) is 3.48. The molecule has 0 saturated heterocycles. The second kappa shape index (κ2) is 11.3. The molecule has 9 heteroatoms. The Balaban J connectivity index is 1.17. The minimum atomic E-state index is 0.649. The number of fused-ring (bicyclic) bond motifs is 1. The first-order chi connectivity index (χ1) is 17.2. The summed E-state index contributed by atoms with van der Waals surface area (Å²) in [5.74, 6) is 0.928. The van der Waals surface area contributed by atoms with Crippen LogP contribution in [0.15, 0.2) is 84.1 Å². The van der Waals surface area contributed by atoms with E-state index in [1.807, 2.05) is 42.5 Å². The zero-order valence-electron chi connectivity index (χ0n) is 18.9. The number of hydrogen-bond acceptors (Lipinski definition) is 5. The summed E-state index contributed by atoms with van der Waals surface area (Å²) in [6, 6.07) is 24.1. The number of halogens is 2. The van der Waals surface area contributed by atoms with Crippen LogP contribution in [-0.2, 0) is 13.1 Å². The molecule has 0 aliphatic carbocycles. The predicted molar refractivity (Wildman–Crippen MR) is 144 cm³/mol. The quantitative estimate of drug-likeness (QED) is 0.173. The highest BCUT2D eigenvalue weighted by atomic mass is 35.5. The Morgan fingerprint density at radius 2 is 1.74 bits per heavy atom. The van der Waals surface area contributed by atoms with E-state index in [2.05, 4.69) is 55.9 Å². The number of aromatic nitrogens is 5. The molecular weight excluding hydrogens is 499 g/mol. The summed E-state index contributed by atoms with van der Waals surface area (Å²) in [7, 11) is 0. The molecule has 5 rings (SSSR count). The zero-order chi connectivity index (χ0) is 24.0. The molecule has 0 saturated carbocycles. The number of tetrazole rings is 1. The highest BCUT2D eigenvalue weighted by Crippen LogP contribution is 2.26. The molecule has 0 amide bonds. The van der Waals surface area contributed by atoms with Gasteiger partial charge in [-0.25, -0.2) is 0 Å². The third kappa shape index (κ3) is 5.70. The van der Waals surface area contributed by atoms with Crippen molar-refractivity contribution in [3.8, 4) is 5.69 Å². The van der Waals surface area contributed by atoms with E-state index >= 15 is 0 Å². The second-order valence-corrected chi connectivity index (χ2v) is 10.0. The highest BCUT2D eigenvalue weighted by molar-refractivity contribution is 7.99. The van der Waals surface area contributed by atoms with Gasteiger partial charge in [-0.1, -0.05) is 77.4 Å². The van der Waals surface area contributed by atoms with Gasteiger partial charge in [0.2, 0.25) is 5.16 Å². The van der Waals surface area contributed by atoms with Crippen molar-refractivity contribution < 1.29 is 0 Å². The lowest BCUT2D eigenvalue weighted by atomic mass is 10.2. The highest BCUT2D eigenvalue weighted by Gasteiger charge is 2.11. The molecule has 6 nitrogen and oxygen atoms in total. The van der Waals surface area contributed by atoms with Crippen LogP contribution >= 0.6 is 35.0 Å². The van der Waals surface area contributed by atoms with E-state index in [-0.39, 0.29) is 0 Å². The van der Waals surface area contributed by atoms with E-state index in [1.54, 1.807) is 22.5 Å². The topological polar surface area (TPSA) is 60.6 Å². The van der Waals surface area contributed by atoms with Gasteiger partial charge >= 0.3 is 0 Å². The number of hydrogen-bond donors (Lipinski definition) is 1. The predicted octanol–water partition coefficient (Wildman–Crippen LogP) is 6.24. The molecule has 0 fully saturated rings. The first-order valence-electron chi connectivity index (χ1n) is 11.4. The van der Waals surface area contributed by atoms with E-state index in [0.717, 1.165) is 41.7 Å². The van der Waals surface area contributed by atoms with Crippen molar-refractivity contribution in [3.63, 3.8) is 0 Å². The summed E-state index contributed by atoms with van der Waals surface area (Å²) in [4.78, 5) is 0. The lowest BCUT2D eigenvalue weighted by molar-refractivity contribution is 0.677. The largest absolute Gasteiger partial charge is 0.343 e. The van der Waals surface area contributed by atoms with E-state index in [4.69, 9.17) is 23.2 Å². The Labute approximate surface area is 218 Å². The van der Waals surface area contributed by atoms with Crippen molar-refractivity contribution in [3.05, 3.63) is 100 Å². The molecule has 178 valence electrons. The molecule has 0 aliphatic heterocycles. The van der Waals surface area contributed by atoms with Crippen molar-refractivity contribution in [2.45, 2.75) is 24.7 Å². The van der Waals surface area contributed by atoms with E-state index in [0.29, 0.717) is 16.6 Å². The fourth-order valence-corrected chi connectivity index (χ4v) is 5.31. The van der Waals surface area contributed by atoms with Crippen LogP contribution in [0.3, 0.4) is 0 Å². The maximum atomic E-state index is 6.43. The molecule has 35 heavy (non-hydrogen) atoms. The molecule has 0 radical (unpaired) electrons. The number of nitrogens with one attached hydrogen (secondary N) is 1. The number of nitrogens with zero attached hydrogens (tertiary/aromatic N) is 5. The summed E-state index contributed by atoms with van der Waals surface area (Å²) in [5, 5.41) is 19.1. The lowest BCUT2D eigenvalue weighted by Gasteiger charge is -2.08. The van der Waals surface area contributed by atoms with Crippen LogP contribution in [0.4, 0.5) is 0 Å². The molecule has 0 spiro atoms. The van der Waals surface area contributed by atoms with Gasteiger partial charge < -0.3 is 9.88 Å². The second-order valence-electron chi connectivity index (χ2n) is 8.12. The van der Waals surface area contributed by atoms with E-state index in [1.165, 1.54) is 16.5 Å². The van der Waals surface area contributed by atoms with Crippen LogP contribution in [-0.4, -0.2) is 37.1 Å². The Bertz CT molecular complexity index is 1420. The van der Waals surface area contributed by atoms with Gasteiger partial charge in [0.1, 0.15) is 0 Å². The van der Waals surface area contributed by atoms with Gasteiger partial charge in [0, 0.05) is 46.0 Å². The first-order valence-corrected chi connectivity index (χ1v) is 13.1. The first kappa shape index (κ1) is 23.9. The Kier molecular flexibility index (Phi) is 7.69.